The molecule has 2 rings (SSSR count). The van der Waals surface area contributed by atoms with Crippen molar-refractivity contribution >= 4 is 0 Å². The maximum Gasteiger partial charge on any atom is 0.134 e. The number of para-hydroxylation sites is 1. The van der Waals surface area contributed by atoms with Gasteiger partial charge in [-0.25, -0.2) is 4.68 Å². The SMILES string of the molecule is CC(C)=CCCC(C)=CCn1cc(COc2ccccc2)nn1. The van der Waals surface area contributed by atoms with E-state index >= 15 is 0 Å². The summed E-state index contributed by atoms with van der Waals surface area (Å²) < 4.78 is 7.51. The Morgan fingerprint density at radius 1 is 1.13 bits per heavy atom. The molecule has 2 aromatic rings. The Labute approximate surface area is 138 Å². The Balaban J connectivity index is 1.79. The Bertz CT molecular complexity index is 652. The van der Waals surface area contributed by atoms with E-state index in [-0.39, 0.29) is 0 Å². The topological polar surface area (TPSA) is 39.9 Å². The van der Waals surface area contributed by atoms with Gasteiger partial charge in [0, 0.05) is 0 Å². The minimum absolute atomic E-state index is 0.438. The van der Waals surface area contributed by atoms with Crippen molar-refractivity contribution in [2.24, 2.45) is 0 Å². The number of ether oxygens (including phenoxy) is 1. The third-order valence-corrected chi connectivity index (χ3v) is 3.43. The summed E-state index contributed by atoms with van der Waals surface area (Å²) in [6.07, 6.45) is 8.59. The van der Waals surface area contributed by atoms with Crippen molar-refractivity contribution in [3.05, 3.63) is 65.5 Å². The number of rotatable bonds is 8. The highest BCUT2D eigenvalue weighted by Gasteiger charge is 2.01. The van der Waals surface area contributed by atoms with E-state index in [0.29, 0.717) is 6.61 Å². The van der Waals surface area contributed by atoms with Crippen LogP contribution in [0.4, 0.5) is 0 Å². The van der Waals surface area contributed by atoms with E-state index in [9.17, 15) is 0 Å². The van der Waals surface area contributed by atoms with Crippen LogP contribution in [0, 0.1) is 0 Å². The molecule has 0 saturated heterocycles. The number of aromatic nitrogens is 3. The van der Waals surface area contributed by atoms with Gasteiger partial charge < -0.3 is 4.74 Å². The lowest BCUT2D eigenvalue weighted by Crippen LogP contribution is -1.97. The standard InChI is InChI=1S/C19H25N3O/c1-16(2)8-7-9-17(3)12-13-22-14-18(20-21-22)15-23-19-10-5-4-6-11-19/h4-6,8,10-12,14H,7,9,13,15H2,1-3H3. The molecule has 1 aromatic heterocycles. The summed E-state index contributed by atoms with van der Waals surface area (Å²) in [6.45, 7) is 7.61. The van der Waals surface area contributed by atoms with Gasteiger partial charge in [0.25, 0.3) is 0 Å². The number of allylic oxidation sites excluding steroid dienone is 4. The van der Waals surface area contributed by atoms with Gasteiger partial charge in [-0.3, -0.25) is 0 Å². The van der Waals surface area contributed by atoms with Crippen molar-refractivity contribution in [1.29, 1.82) is 0 Å². The highest BCUT2D eigenvalue weighted by molar-refractivity contribution is 5.21. The minimum atomic E-state index is 0.438. The van der Waals surface area contributed by atoms with Gasteiger partial charge in [0.15, 0.2) is 0 Å². The molecule has 1 aromatic carbocycles. The van der Waals surface area contributed by atoms with Crippen molar-refractivity contribution in [3.8, 4) is 5.75 Å². The molecule has 0 N–H and O–H groups in total. The van der Waals surface area contributed by atoms with Crippen molar-refractivity contribution in [2.45, 2.75) is 46.8 Å². The minimum Gasteiger partial charge on any atom is -0.487 e. The normalized spacial score (nSPS) is 11.3. The molecule has 23 heavy (non-hydrogen) atoms. The quantitative estimate of drug-likeness (QED) is 0.671. The average molecular weight is 311 g/mol. The maximum atomic E-state index is 5.67. The largest absolute Gasteiger partial charge is 0.487 e. The van der Waals surface area contributed by atoms with E-state index in [0.717, 1.165) is 30.8 Å². The summed E-state index contributed by atoms with van der Waals surface area (Å²) >= 11 is 0. The van der Waals surface area contributed by atoms with Gasteiger partial charge in [-0.2, -0.15) is 0 Å². The van der Waals surface area contributed by atoms with Crippen LogP contribution in [0.1, 0.15) is 39.3 Å². The Morgan fingerprint density at radius 2 is 1.91 bits per heavy atom. The number of benzene rings is 1. The van der Waals surface area contributed by atoms with Crippen molar-refractivity contribution in [3.63, 3.8) is 0 Å². The zero-order valence-corrected chi connectivity index (χ0v) is 14.2. The predicted octanol–water partition coefficient (Wildman–Crippen LogP) is 4.55. The molecule has 0 aliphatic heterocycles. The van der Waals surface area contributed by atoms with E-state index in [1.807, 2.05) is 41.2 Å². The Hall–Kier alpha value is -2.36. The second-order valence-electron chi connectivity index (χ2n) is 5.90. The van der Waals surface area contributed by atoms with Gasteiger partial charge in [0.05, 0.1) is 12.7 Å². The monoisotopic (exact) mass is 311 g/mol. The van der Waals surface area contributed by atoms with Crippen molar-refractivity contribution < 1.29 is 4.74 Å². The first-order chi connectivity index (χ1) is 11.1. The van der Waals surface area contributed by atoms with Gasteiger partial charge in [0.2, 0.25) is 0 Å². The van der Waals surface area contributed by atoms with Crippen LogP contribution in [-0.4, -0.2) is 15.0 Å². The molecule has 122 valence electrons. The molecule has 0 saturated carbocycles. The van der Waals surface area contributed by atoms with Gasteiger partial charge in [0.1, 0.15) is 18.1 Å². The molecule has 1 heterocycles. The van der Waals surface area contributed by atoms with Gasteiger partial charge >= 0.3 is 0 Å². The molecule has 0 amide bonds. The van der Waals surface area contributed by atoms with E-state index in [1.165, 1.54) is 11.1 Å². The van der Waals surface area contributed by atoms with Crippen LogP contribution >= 0.6 is 0 Å². The van der Waals surface area contributed by atoms with Crippen molar-refractivity contribution in [1.82, 2.24) is 15.0 Å². The number of hydrogen-bond acceptors (Lipinski definition) is 3. The van der Waals surface area contributed by atoms with E-state index < -0.39 is 0 Å². The molecule has 0 aliphatic carbocycles. The smallest absolute Gasteiger partial charge is 0.134 e. The molecular weight excluding hydrogens is 286 g/mol. The van der Waals surface area contributed by atoms with Crippen LogP contribution in [-0.2, 0) is 13.2 Å². The lowest BCUT2D eigenvalue weighted by Gasteiger charge is -2.02. The zero-order chi connectivity index (χ0) is 16.5. The van der Waals surface area contributed by atoms with Crippen LogP contribution in [0.15, 0.2) is 59.8 Å². The second kappa shape index (κ2) is 8.93. The lowest BCUT2D eigenvalue weighted by atomic mass is 10.1. The first-order valence-corrected chi connectivity index (χ1v) is 7.99. The molecule has 0 radical (unpaired) electrons. The molecule has 0 fully saturated rings. The van der Waals surface area contributed by atoms with Crippen LogP contribution < -0.4 is 4.74 Å². The fourth-order valence-corrected chi connectivity index (χ4v) is 2.11. The molecule has 0 bridgehead atoms. The summed E-state index contributed by atoms with van der Waals surface area (Å²) in [6, 6.07) is 9.74. The molecule has 0 spiro atoms. The van der Waals surface area contributed by atoms with E-state index in [4.69, 9.17) is 4.74 Å². The van der Waals surface area contributed by atoms with E-state index in [1.54, 1.807) is 0 Å². The second-order valence-corrected chi connectivity index (χ2v) is 5.90. The molecule has 0 aliphatic rings. The van der Waals surface area contributed by atoms with Crippen LogP contribution in [0.2, 0.25) is 0 Å². The molecule has 0 atom stereocenters. The first-order valence-electron chi connectivity index (χ1n) is 7.99. The maximum absolute atomic E-state index is 5.67. The van der Waals surface area contributed by atoms with Gasteiger partial charge in [-0.1, -0.05) is 46.7 Å². The van der Waals surface area contributed by atoms with Gasteiger partial charge in [-0.15, -0.1) is 5.10 Å². The summed E-state index contributed by atoms with van der Waals surface area (Å²) in [5, 5.41) is 8.28. The third-order valence-electron chi connectivity index (χ3n) is 3.43. The highest BCUT2D eigenvalue weighted by atomic mass is 16.5. The third kappa shape index (κ3) is 6.51. The Kier molecular flexibility index (Phi) is 6.60. The van der Waals surface area contributed by atoms with Crippen LogP contribution in [0.25, 0.3) is 0 Å². The summed E-state index contributed by atoms with van der Waals surface area (Å²) in [5.74, 6) is 0.845. The van der Waals surface area contributed by atoms with Crippen LogP contribution in [0.3, 0.4) is 0 Å². The fourth-order valence-electron chi connectivity index (χ4n) is 2.11. The summed E-state index contributed by atoms with van der Waals surface area (Å²) in [4.78, 5) is 0. The molecule has 0 unspecified atom stereocenters. The fraction of sp³-hybridized carbons (Fsp3) is 0.368. The molecule has 4 nitrogen and oxygen atoms in total. The predicted molar refractivity (Wildman–Crippen MR) is 93.2 cm³/mol. The van der Waals surface area contributed by atoms with Gasteiger partial charge in [-0.05, 0) is 45.7 Å². The van der Waals surface area contributed by atoms with Crippen LogP contribution in [0.5, 0.6) is 5.75 Å². The molecular formula is C19H25N3O. The summed E-state index contributed by atoms with van der Waals surface area (Å²) in [7, 11) is 0. The lowest BCUT2D eigenvalue weighted by molar-refractivity contribution is 0.301. The van der Waals surface area contributed by atoms with Crippen molar-refractivity contribution in [2.75, 3.05) is 0 Å². The highest BCUT2D eigenvalue weighted by Crippen LogP contribution is 2.11. The number of nitrogens with zero attached hydrogens (tertiary/aromatic N) is 3. The Morgan fingerprint density at radius 3 is 2.65 bits per heavy atom. The number of hydrogen-bond donors (Lipinski definition) is 0. The van der Waals surface area contributed by atoms with E-state index in [2.05, 4.69) is 43.2 Å². The average Bonchev–Trinajstić information content (AvgIpc) is 2.99. The summed E-state index contributed by atoms with van der Waals surface area (Å²) in [5.41, 5.74) is 3.58. The first kappa shape index (κ1) is 17.0. The zero-order valence-electron chi connectivity index (χ0n) is 14.2. The molecule has 4 heteroatoms.